The van der Waals surface area contributed by atoms with Gasteiger partial charge in [0.1, 0.15) is 0 Å². The maximum Gasteiger partial charge on any atom is 0.0167 e. The van der Waals surface area contributed by atoms with E-state index in [1.165, 1.54) is 51.6 Å². The Bertz CT molecular complexity index is 187. The Labute approximate surface area is 81.6 Å². The first-order chi connectivity index (χ1) is 6.36. The summed E-state index contributed by atoms with van der Waals surface area (Å²) in [5.74, 6) is 0.973. The van der Waals surface area contributed by atoms with Gasteiger partial charge < -0.3 is 5.32 Å². The van der Waals surface area contributed by atoms with E-state index >= 15 is 0 Å². The minimum atomic E-state index is 0.973. The average Bonchev–Trinajstić information content (AvgIpc) is 2.20. The number of allylic oxidation sites excluding steroid dienone is 1. The van der Waals surface area contributed by atoms with E-state index in [2.05, 4.69) is 12.2 Å². The van der Waals surface area contributed by atoms with E-state index in [0.29, 0.717) is 0 Å². The van der Waals surface area contributed by atoms with Crippen molar-refractivity contribution in [2.24, 2.45) is 5.92 Å². The van der Waals surface area contributed by atoms with Crippen LogP contribution in [0, 0.1) is 5.92 Å². The highest BCUT2D eigenvalue weighted by atomic mass is 14.9. The van der Waals surface area contributed by atoms with Gasteiger partial charge in [0.25, 0.3) is 0 Å². The lowest BCUT2D eigenvalue weighted by molar-refractivity contribution is 0.436. The molecule has 1 saturated heterocycles. The lowest BCUT2D eigenvalue weighted by Crippen LogP contribution is -2.25. The maximum absolute atomic E-state index is 3.49. The Kier molecular flexibility index (Phi) is 3.05. The van der Waals surface area contributed by atoms with Gasteiger partial charge in [-0.2, -0.15) is 0 Å². The highest BCUT2D eigenvalue weighted by Gasteiger charge is 2.16. The molecule has 0 atom stereocenters. The molecule has 0 unspecified atom stereocenters. The second-order valence-electron chi connectivity index (χ2n) is 4.67. The summed E-state index contributed by atoms with van der Waals surface area (Å²) >= 11 is 0. The Morgan fingerprint density at radius 1 is 1.08 bits per heavy atom. The van der Waals surface area contributed by atoms with Crippen LogP contribution in [-0.4, -0.2) is 13.1 Å². The molecule has 0 aromatic heterocycles. The van der Waals surface area contributed by atoms with Crippen molar-refractivity contribution in [3.63, 3.8) is 0 Å². The van der Waals surface area contributed by atoms with E-state index in [1.54, 1.807) is 11.1 Å². The largest absolute Gasteiger partial charge is 0.313 e. The van der Waals surface area contributed by atoms with Crippen LogP contribution in [0.4, 0.5) is 0 Å². The van der Waals surface area contributed by atoms with Crippen molar-refractivity contribution in [1.29, 1.82) is 0 Å². The van der Waals surface area contributed by atoms with Gasteiger partial charge in [0.15, 0.2) is 0 Å². The molecule has 1 aliphatic carbocycles. The molecule has 1 heteroatoms. The van der Waals surface area contributed by atoms with Gasteiger partial charge in [-0.3, -0.25) is 0 Å². The number of hydrogen-bond donors (Lipinski definition) is 1. The zero-order valence-corrected chi connectivity index (χ0v) is 8.73. The van der Waals surface area contributed by atoms with Gasteiger partial charge in [-0.15, -0.1) is 0 Å². The summed E-state index contributed by atoms with van der Waals surface area (Å²) in [6.07, 6.45) is 8.36. The lowest BCUT2D eigenvalue weighted by atomic mass is 9.83. The molecule has 13 heavy (non-hydrogen) atoms. The standard InChI is InChI=1S/C12H21N/c1-10-4-6-11(7-5-10)12-3-2-8-13-9-12/h10,13H,2-9H2,1H3. The summed E-state index contributed by atoms with van der Waals surface area (Å²) in [5, 5.41) is 3.49. The van der Waals surface area contributed by atoms with Gasteiger partial charge in [0.05, 0.1) is 0 Å². The van der Waals surface area contributed by atoms with Crippen molar-refractivity contribution < 1.29 is 0 Å². The van der Waals surface area contributed by atoms with Crippen LogP contribution in [0.15, 0.2) is 11.1 Å². The smallest absolute Gasteiger partial charge is 0.0167 e. The summed E-state index contributed by atoms with van der Waals surface area (Å²) in [7, 11) is 0. The Balaban J connectivity index is 1.97. The fourth-order valence-corrected chi connectivity index (χ4v) is 2.52. The number of rotatable bonds is 0. The number of piperidine rings is 1. The first-order valence-electron chi connectivity index (χ1n) is 5.77. The molecule has 1 heterocycles. The predicted octanol–water partition coefficient (Wildman–Crippen LogP) is 2.88. The number of hydrogen-bond acceptors (Lipinski definition) is 1. The topological polar surface area (TPSA) is 12.0 Å². The van der Waals surface area contributed by atoms with E-state index < -0.39 is 0 Å². The maximum atomic E-state index is 3.49. The molecule has 0 spiro atoms. The average molecular weight is 179 g/mol. The first-order valence-corrected chi connectivity index (χ1v) is 5.77. The third kappa shape index (κ3) is 2.34. The van der Waals surface area contributed by atoms with Crippen LogP contribution in [0.5, 0.6) is 0 Å². The highest BCUT2D eigenvalue weighted by molar-refractivity contribution is 5.18. The molecule has 0 radical (unpaired) electrons. The van der Waals surface area contributed by atoms with Crippen LogP contribution < -0.4 is 5.32 Å². The van der Waals surface area contributed by atoms with Gasteiger partial charge in [0.2, 0.25) is 0 Å². The lowest BCUT2D eigenvalue weighted by Gasteiger charge is -2.26. The molecule has 1 saturated carbocycles. The van der Waals surface area contributed by atoms with E-state index in [0.717, 1.165) is 5.92 Å². The summed E-state index contributed by atoms with van der Waals surface area (Å²) < 4.78 is 0. The molecular formula is C12H21N. The fourth-order valence-electron chi connectivity index (χ4n) is 2.52. The summed E-state index contributed by atoms with van der Waals surface area (Å²) in [4.78, 5) is 0. The molecule has 0 amide bonds. The van der Waals surface area contributed by atoms with E-state index in [1.807, 2.05) is 0 Å². The zero-order chi connectivity index (χ0) is 9.10. The van der Waals surface area contributed by atoms with Crippen LogP contribution in [0.2, 0.25) is 0 Å². The van der Waals surface area contributed by atoms with Gasteiger partial charge in [-0.1, -0.05) is 18.1 Å². The third-order valence-corrected chi connectivity index (χ3v) is 3.55. The van der Waals surface area contributed by atoms with Gasteiger partial charge in [-0.05, 0) is 51.0 Å². The molecular weight excluding hydrogens is 158 g/mol. The third-order valence-electron chi connectivity index (χ3n) is 3.55. The van der Waals surface area contributed by atoms with Crippen molar-refractivity contribution in [2.75, 3.05) is 13.1 Å². The van der Waals surface area contributed by atoms with Crippen LogP contribution in [0.1, 0.15) is 45.4 Å². The van der Waals surface area contributed by atoms with Crippen LogP contribution in [-0.2, 0) is 0 Å². The van der Waals surface area contributed by atoms with Crippen molar-refractivity contribution in [3.05, 3.63) is 11.1 Å². The van der Waals surface area contributed by atoms with Gasteiger partial charge >= 0.3 is 0 Å². The zero-order valence-electron chi connectivity index (χ0n) is 8.73. The van der Waals surface area contributed by atoms with Crippen molar-refractivity contribution in [3.8, 4) is 0 Å². The minimum Gasteiger partial charge on any atom is -0.313 e. The van der Waals surface area contributed by atoms with Crippen molar-refractivity contribution in [2.45, 2.75) is 45.4 Å². The molecule has 2 aliphatic rings. The van der Waals surface area contributed by atoms with Crippen molar-refractivity contribution >= 4 is 0 Å². The first kappa shape index (κ1) is 9.26. The fraction of sp³-hybridized carbons (Fsp3) is 0.833. The predicted molar refractivity (Wildman–Crippen MR) is 56.8 cm³/mol. The molecule has 0 bridgehead atoms. The van der Waals surface area contributed by atoms with Crippen LogP contribution in [0.3, 0.4) is 0 Å². The molecule has 2 rings (SSSR count). The summed E-state index contributed by atoms with van der Waals surface area (Å²) in [5.41, 5.74) is 3.54. The Hall–Kier alpha value is -0.300. The van der Waals surface area contributed by atoms with E-state index in [9.17, 15) is 0 Å². The summed E-state index contributed by atoms with van der Waals surface area (Å²) in [6.45, 7) is 4.80. The number of nitrogens with one attached hydrogen (secondary N) is 1. The molecule has 74 valence electrons. The molecule has 0 aromatic carbocycles. The normalized spacial score (nSPS) is 30.7. The molecule has 2 fully saturated rings. The van der Waals surface area contributed by atoms with Gasteiger partial charge in [-0.25, -0.2) is 0 Å². The molecule has 1 N–H and O–H groups in total. The van der Waals surface area contributed by atoms with Crippen LogP contribution >= 0.6 is 0 Å². The minimum absolute atomic E-state index is 0.973. The Morgan fingerprint density at radius 2 is 1.85 bits per heavy atom. The SMILES string of the molecule is CC1CCC(=C2CCCNC2)CC1. The quantitative estimate of drug-likeness (QED) is 0.564. The highest BCUT2D eigenvalue weighted by Crippen LogP contribution is 2.31. The van der Waals surface area contributed by atoms with E-state index in [4.69, 9.17) is 0 Å². The van der Waals surface area contributed by atoms with Crippen molar-refractivity contribution in [1.82, 2.24) is 5.32 Å². The molecule has 1 nitrogen and oxygen atoms in total. The van der Waals surface area contributed by atoms with Crippen LogP contribution in [0.25, 0.3) is 0 Å². The van der Waals surface area contributed by atoms with E-state index in [-0.39, 0.29) is 0 Å². The molecule has 1 aliphatic heterocycles. The molecule has 0 aromatic rings. The Morgan fingerprint density at radius 3 is 2.46 bits per heavy atom. The monoisotopic (exact) mass is 179 g/mol. The second-order valence-corrected chi connectivity index (χ2v) is 4.67. The summed E-state index contributed by atoms with van der Waals surface area (Å²) in [6, 6.07) is 0. The van der Waals surface area contributed by atoms with Gasteiger partial charge in [0, 0.05) is 6.54 Å². The second kappa shape index (κ2) is 4.28.